The van der Waals surface area contributed by atoms with Crippen molar-refractivity contribution in [3.63, 3.8) is 0 Å². The maximum Gasteiger partial charge on any atom is 0.200 e. The largest absolute Gasteiger partial charge is 0.218 e. The van der Waals surface area contributed by atoms with Crippen molar-refractivity contribution < 1.29 is 0 Å². The Morgan fingerprint density at radius 3 is 1.77 bits per heavy atom. The van der Waals surface area contributed by atoms with Gasteiger partial charge >= 0.3 is 0 Å². The van der Waals surface area contributed by atoms with E-state index in [4.69, 9.17) is 0 Å². The smallest absolute Gasteiger partial charge is 0.200 e. The number of hydrogen-bond donors (Lipinski definition) is 0. The van der Waals surface area contributed by atoms with E-state index in [-0.39, 0.29) is 0 Å². The molecule has 0 spiro atoms. The summed E-state index contributed by atoms with van der Waals surface area (Å²) in [7, 11) is 0. The van der Waals surface area contributed by atoms with Crippen LogP contribution >= 0.6 is 15.9 Å². The molecule has 72 valence electrons. The zero-order valence-electron chi connectivity index (χ0n) is 8.05. The molecule has 0 saturated carbocycles. The minimum atomic E-state index is 0.661. The Labute approximate surface area is 87.1 Å². The molecular weight excluding hydrogens is 230 g/mol. The molecule has 0 radical (unpaired) electrons. The second kappa shape index (κ2) is 5.27. The highest BCUT2D eigenvalue weighted by molar-refractivity contribution is 9.10. The van der Waals surface area contributed by atoms with Gasteiger partial charge in [-0.1, -0.05) is 13.8 Å². The van der Waals surface area contributed by atoms with Crippen molar-refractivity contribution in [1.29, 1.82) is 0 Å². The van der Waals surface area contributed by atoms with E-state index in [0.29, 0.717) is 4.73 Å². The molecule has 0 fully saturated rings. The van der Waals surface area contributed by atoms with Gasteiger partial charge in [-0.2, -0.15) is 0 Å². The van der Waals surface area contributed by atoms with Crippen molar-refractivity contribution in [3.05, 3.63) is 16.4 Å². The van der Waals surface area contributed by atoms with Crippen LogP contribution in [0.2, 0.25) is 0 Å². The van der Waals surface area contributed by atoms with Gasteiger partial charge in [0.25, 0.3) is 0 Å². The fraction of sp³-hybridized carbons (Fsp3) is 0.667. The van der Waals surface area contributed by atoms with E-state index < -0.39 is 0 Å². The van der Waals surface area contributed by atoms with E-state index in [9.17, 15) is 0 Å². The molecule has 0 atom stereocenters. The zero-order valence-corrected chi connectivity index (χ0v) is 9.63. The summed E-state index contributed by atoms with van der Waals surface area (Å²) in [5, 5.41) is 0. The number of hydrogen-bond acceptors (Lipinski definition) is 3. The lowest BCUT2D eigenvalue weighted by Gasteiger charge is -2.01. The van der Waals surface area contributed by atoms with Crippen LogP contribution in [0.4, 0.5) is 0 Å². The Morgan fingerprint density at radius 2 is 1.38 bits per heavy atom. The Hall–Kier alpha value is -0.510. The number of rotatable bonds is 4. The van der Waals surface area contributed by atoms with Crippen molar-refractivity contribution in [3.8, 4) is 0 Å². The standard InChI is InChI=1S/C9H14BrN3/c1-3-5-7-11-8(6-4-2)13-9(10)12-7/h3-6H2,1-2H3. The quantitative estimate of drug-likeness (QED) is 0.816. The summed E-state index contributed by atoms with van der Waals surface area (Å²) in [4.78, 5) is 12.8. The van der Waals surface area contributed by atoms with Crippen LogP contribution in [0.1, 0.15) is 38.3 Å². The molecule has 0 aromatic carbocycles. The molecule has 0 amide bonds. The summed E-state index contributed by atoms with van der Waals surface area (Å²) in [6.07, 6.45) is 4.00. The van der Waals surface area contributed by atoms with Crippen LogP contribution in [0, 0.1) is 0 Å². The van der Waals surface area contributed by atoms with Crippen LogP contribution in [-0.4, -0.2) is 15.0 Å². The maximum absolute atomic E-state index is 4.36. The van der Waals surface area contributed by atoms with Crippen molar-refractivity contribution in [1.82, 2.24) is 15.0 Å². The van der Waals surface area contributed by atoms with E-state index >= 15 is 0 Å². The maximum atomic E-state index is 4.36. The first-order valence-electron chi connectivity index (χ1n) is 4.65. The van der Waals surface area contributed by atoms with Crippen LogP contribution < -0.4 is 0 Å². The molecule has 0 unspecified atom stereocenters. The van der Waals surface area contributed by atoms with Crippen LogP contribution in [-0.2, 0) is 12.8 Å². The fourth-order valence-electron chi connectivity index (χ4n) is 1.11. The fourth-order valence-corrected chi connectivity index (χ4v) is 1.52. The summed E-state index contributed by atoms with van der Waals surface area (Å²) in [6.45, 7) is 4.24. The molecular formula is C9H14BrN3. The number of aromatic nitrogens is 3. The third kappa shape index (κ3) is 3.38. The first kappa shape index (κ1) is 10.6. The first-order valence-corrected chi connectivity index (χ1v) is 5.44. The van der Waals surface area contributed by atoms with Gasteiger partial charge in [0.15, 0.2) is 4.73 Å². The lowest BCUT2D eigenvalue weighted by molar-refractivity contribution is 0.743. The highest BCUT2D eigenvalue weighted by Gasteiger charge is 2.02. The van der Waals surface area contributed by atoms with E-state index in [0.717, 1.165) is 37.3 Å². The third-order valence-electron chi connectivity index (χ3n) is 1.65. The van der Waals surface area contributed by atoms with Gasteiger partial charge in [0.05, 0.1) is 0 Å². The molecule has 1 heterocycles. The minimum absolute atomic E-state index is 0.661. The van der Waals surface area contributed by atoms with E-state index in [2.05, 4.69) is 44.7 Å². The molecule has 0 aliphatic rings. The molecule has 0 aliphatic carbocycles. The summed E-state index contributed by atoms with van der Waals surface area (Å²) in [6, 6.07) is 0. The number of halogens is 1. The van der Waals surface area contributed by atoms with Gasteiger partial charge in [0, 0.05) is 12.8 Å². The van der Waals surface area contributed by atoms with Gasteiger partial charge in [-0.25, -0.2) is 15.0 Å². The monoisotopic (exact) mass is 243 g/mol. The highest BCUT2D eigenvalue weighted by atomic mass is 79.9. The molecule has 1 aromatic heterocycles. The molecule has 0 saturated heterocycles. The van der Waals surface area contributed by atoms with Gasteiger partial charge < -0.3 is 0 Å². The second-order valence-electron chi connectivity index (χ2n) is 2.94. The number of aryl methyl sites for hydroxylation is 2. The van der Waals surface area contributed by atoms with Gasteiger partial charge in [0.1, 0.15) is 11.6 Å². The number of nitrogens with zero attached hydrogens (tertiary/aromatic N) is 3. The molecule has 0 aliphatic heterocycles. The average molecular weight is 244 g/mol. The van der Waals surface area contributed by atoms with Crippen LogP contribution in [0.25, 0.3) is 0 Å². The summed E-state index contributed by atoms with van der Waals surface area (Å²) in [5.41, 5.74) is 0. The summed E-state index contributed by atoms with van der Waals surface area (Å²) < 4.78 is 0.661. The topological polar surface area (TPSA) is 38.7 Å². The Balaban J connectivity index is 2.83. The summed E-state index contributed by atoms with van der Waals surface area (Å²) in [5.74, 6) is 1.79. The molecule has 1 aromatic rings. The summed E-state index contributed by atoms with van der Waals surface area (Å²) >= 11 is 3.29. The minimum Gasteiger partial charge on any atom is -0.218 e. The molecule has 1 rings (SSSR count). The molecule has 3 nitrogen and oxygen atoms in total. The van der Waals surface area contributed by atoms with Crippen LogP contribution in [0.3, 0.4) is 0 Å². The predicted octanol–water partition coefficient (Wildman–Crippen LogP) is 2.54. The highest BCUT2D eigenvalue weighted by Crippen LogP contribution is 2.06. The normalized spacial score (nSPS) is 10.4. The third-order valence-corrected chi connectivity index (χ3v) is 2.00. The Bertz CT molecular complexity index is 251. The average Bonchev–Trinajstić information content (AvgIpc) is 2.04. The Kier molecular flexibility index (Phi) is 4.28. The molecule has 13 heavy (non-hydrogen) atoms. The van der Waals surface area contributed by atoms with Gasteiger partial charge in [-0.05, 0) is 28.8 Å². The second-order valence-corrected chi connectivity index (χ2v) is 3.65. The lowest BCUT2D eigenvalue weighted by Crippen LogP contribution is -2.03. The zero-order chi connectivity index (χ0) is 9.68. The molecule has 4 heteroatoms. The van der Waals surface area contributed by atoms with Gasteiger partial charge in [-0.3, -0.25) is 0 Å². The first-order chi connectivity index (χ1) is 6.26. The van der Waals surface area contributed by atoms with Crippen molar-refractivity contribution in [2.45, 2.75) is 39.5 Å². The lowest BCUT2D eigenvalue weighted by atomic mass is 10.3. The Morgan fingerprint density at radius 1 is 0.923 bits per heavy atom. The van der Waals surface area contributed by atoms with Gasteiger partial charge in [-0.15, -0.1) is 0 Å². The van der Waals surface area contributed by atoms with Crippen LogP contribution in [0.15, 0.2) is 4.73 Å². The molecule has 0 N–H and O–H groups in total. The SMILES string of the molecule is CCCc1nc(Br)nc(CCC)n1. The van der Waals surface area contributed by atoms with E-state index in [1.807, 2.05) is 0 Å². The van der Waals surface area contributed by atoms with E-state index in [1.54, 1.807) is 0 Å². The van der Waals surface area contributed by atoms with Crippen molar-refractivity contribution in [2.24, 2.45) is 0 Å². The van der Waals surface area contributed by atoms with Crippen molar-refractivity contribution >= 4 is 15.9 Å². The predicted molar refractivity (Wildman–Crippen MR) is 55.5 cm³/mol. The molecule has 0 bridgehead atoms. The van der Waals surface area contributed by atoms with Crippen LogP contribution in [0.5, 0.6) is 0 Å². The van der Waals surface area contributed by atoms with E-state index in [1.165, 1.54) is 0 Å². The van der Waals surface area contributed by atoms with Crippen molar-refractivity contribution in [2.75, 3.05) is 0 Å². The van der Waals surface area contributed by atoms with Gasteiger partial charge in [0.2, 0.25) is 0 Å².